The molecule has 1 amide bonds. The average molecular weight is 532 g/mol. The van der Waals surface area contributed by atoms with E-state index in [1.54, 1.807) is 49.6 Å². The van der Waals surface area contributed by atoms with Gasteiger partial charge in [0.25, 0.3) is 11.7 Å². The number of benzene rings is 3. The van der Waals surface area contributed by atoms with Crippen molar-refractivity contribution in [3.05, 3.63) is 94.6 Å². The number of aliphatic hydroxyl groups is 1. The lowest BCUT2D eigenvalue weighted by atomic mass is 9.95. The van der Waals surface area contributed by atoms with Gasteiger partial charge in [-0.25, -0.2) is 0 Å². The van der Waals surface area contributed by atoms with E-state index >= 15 is 0 Å². The summed E-state index contributed by atoms with van der Waals surface area (Å²) in [5.74, 6) is -0.0985. The Labute approximate surface area is 228 Å². The van der Waals surface area contributed by atoms with E-state index in [-0.39, 0.29) is 17.9 Å². The zero-order chi connectivity index (χ0) is 27.9. The van der Waals surface area contributed by atoms with E-state index < -0.39 is 17.7 Å². The van der Waals surface area contributed by atoms with E-state index in [0.29, 0.717) is 48.0 Å². The number of ketones is 1. The van der Waals surface area contributed by atoms with Crippen LogP contribution in [0.2, 0.25) is 0 Å². The van der Waals surface area contributed by atoms with Crippen LogP contribution >= 0.6 is 0 Å². The van der Waals surface area contributed by atoms with Gasteiger partial charge in [0, 0.05) is 25.8 Å². The van der Waals surface area contributed by atoms with Gasteiger partial charge in [-0.1, -0.05) is 35.9 Å². The molecule has 0 saturated carbocycles. The zero-order valence-electron chi connectivity index (χ0n) is 22.6. The second-order valence-electron chi connectivity index (χ2n) is 9.26. The molecule has 1 unspecified atom stereocenters. The number of carbonyl (C=O) groups is 2. The number of carbonyl (C=O) groups excluding carboxylic acids is 2. The van der Waals surface area contributed by atoms with Crippen molar-refractivity contribution in [1.82, 2.24) is 4.90 Å². The van der Waals surface area contributed by atoms with Crippen LogP contribution in [0.5, 0.6) is 17.2 Å². The van der Waals surface area contributed by atoms with Crippen LogP contribution in [0.1, 0.15) is 34.7 Å². The van der Waals surface area contributed by atoms with Gasteiger partial charge in [-0.05, 0) is 60.9 Å². The first-order valence-corrected chi connectivity index (χ1v) is 12.7. The van der Waals surface area contributed by atoms with E-state index in [1.165, 1.54) is 19.1 Å². The summed E-state index contributed by atoms with van der Waals surface area (Å²) in [5, 5.41) is 11.3. The van der Waals surface area contributed by atoms with Crippen LogP contribution in [0.4, 0.5) is 0 Å². The highest BCUT2D eigenvalue weighted by molar-refractivity contribution is 6.46. The number of rotatable bonds is 11. The maximum Gasteiger partial charge on any atom is 0.295 e. The molecule has 0 spiro atoms. The molecular formula is C31H33NO7. The number of hydrogen-bond acceptors (Lipinski definition) is 7. The average Bonchev–Trinajstić information content (AvgIpc) is 3.21. The van der Waals surface area contributed by atoms with Crippen LogP contribution in [-0.2, 0) is 20.9 Å². The molecule has 1 N–H and O–H groups in total. The molecule has 3 aromatic rings. The number of methoxy groups -OCH3 is 3. The summed E-state index contributed by atoms with van der Waals surface area (Å²) in [6.07, 6.45) is 0.528. The van der Waals surface area contributed by atoms with Crippen LogP contribution in [0.15, 0.2) is 72.3 Å². The van der Waals surface area contributed by atoms with Gasteiger partial charge in [0.1, 0.15) is 18.1 Å². The third-order valence-electron chi connectivity index (χ3n) is 6.63. The van der Waals surface area contributed by atoms with Gasteiger partial charge in [-0.3, -0.25) is 9.59 Å². The Hall–Kier alpha value is -4.30. The van der Waals surface area contributed by atoms with E-state index in [1.807, 2.05) is 25.1 Å². The molecule has 8 heteroatoms. The molecule has 1 aliphatic heterocycles. The lowest BCUT2D eigenvalue weighted by molar-refractivity contribution is -0.140. The van der Waals surface area contributed by atoms with Crippen molar-refractivity contribution in [2.24, 2.45) is 0 Å². The standard InChI is InChI=1S/C31H33NO7/c1-20-7-5-8-21(17-20)19-39-24-12-9-22(10-13-24)29(33)27-28(23-11-14-25(37-3)26(18-23)38-4)32(15-6-16-36-2)31(35)30(27)34/h5,7-14,17-18,28,33H,6,15-16,19H2,1-4H3. The molecule has 0 aliphatic carbocycles. The molecule has 0 aromatic heterocycles. The molecule has 8 nitrogen and oxygen atoms in total. The molecule has 1 fully saturated rings. The summed E-state index contributed by atoms with van der Waals surface area (Å²) in [5.41, 5.74) is 3.23. The Morgan fingerprint density at radius 2 is 1.67 bits per heavy atom. The lowest BCUT2D eigenvalue weighted by Gasteiger charge is -2.26. The summed E-state index contributed by atoms with van der Waals surface area (Å²) in [4.78, 5) is 27.8. The van der Waals surface area contributed by atoms with Crippen molar-refractivity contribution in [3.8, 4) is 17.2 Å². The Morgan fingerprint density at radius 3 is 2.33 bits per heavy atom. The van der Waals surface area contributed by atoms with Crippen LogP contribution < -0.4 is 14.2 Å². The largest absolute Gasteiger partial charge is 0.507 e. The number of nitrogens with zero attached hydrogens (tertiary/aromatic N) is 1. The number of hydrogen-bond donors (Lipinski definition) is 1. The van der Waals surface area contributed by atoms with Gasteiger partial charge in [-0.15, -0.1) is 0 Å². The Morgan fingerprint density at radius 1 is 0.923 bits per heavy atom. The molecule has 3 aromatic carbocycles. The number of aryl methyl sites for hydroxylation is 1. The number of ether oxygens (including phenoxy) is 4. The van der Waals surface area contributed by atoms with Crippen molar-refractivity contribution >= 4 is 17.4 Å². The van der Waals surface area contributed by atoms with E-state index in [4.69, 9.17) is 18.9 Å². The Kier molecular flexibility index (Phi) is 8.88. The van der Waals surface area contributed by atoms with Crippen molar-refractivity contribution < 1.29 is 33.6 Å². The minimum absolute atomic E-state index is 0.0121. The number of amides is 1. The number of likely N-dealkylation sites (tertiary alicyclic amines) is 1. The zero-order valence-corrected chi connectivity index (χ0v) is 22.6. The van der Waals surface area contributed by atoms with Crippen molar-refractivity contribution in [3.63, 3.8) is 0 Å². The summed E-state index contributed by atoms with van der Waals surface area (Å²) in [7, 11) is 4.62. The quantitative estimate of drug-likeness (QED) is 0.160. The monoisotopic (exact) mass is 531 g/mol. The fraction of sp³-hybridized carbons (Fsp3) is 0.290. The fourth-order valence-corrected chi connectivity index (χ4v) is 4.69. The van der Waals surface area contributed by atoms with Gasteiger partial charge in [-0.2, -0.15) is 0 Å². The summed E-state index contributed by atoms with van der Waals surface area (Å²) in [6, 6.07) is 19.2. The fourth-order valence-electron chi connectivity index (χ4n) is 4.69. The third-order valence-corrected chi connectivity index (χ3v) is 6.63. The van der Waals surface area contributed by atoms with Crippen molar-refractivity contribution in [2.45, 2.75) is 26.0 Å². The van der Waals surface area contributed by atoms with Crippen LogP contribution in [-0.4, -0.2) is 56.2 Å². The predicted molar refractivity (Wildman–Crippen MR) is 147 cm³/mol. The summed E-state index contributed by atoms with van der Waals surface area (Å²) in [6.45, 7) is 3.13. The minimum Gasteiger partial charge on any atom is -0.507 e. The highest BCUT2D eigenvalue weighted by atomic mass is 16.5. The van der Waals surface area contributed by atoms with Crippen molar-refractivity contribution in [1.29, 1.82) is 0 Å². The van der Waals surface area contributed by atoms with E-state index in [0.717, 1.165) is 11.1 Å². The van der Waals surface area contributed by atoms with Gasteiger partial charge in [0.15, 0.2) is 11.5 Å². The molecular weight excluding hydrogens is 498 g/mol. The molecule has 4 rings (SSSR count). The first kappa shape index (κ1) is 27.7. The molecule has 39 heavy (non-hydrogen) atoms. The van der Waals surface area contributed by atoms with Gasteiger partial charge < -0.3 is 29.0 Å². The van der Waals surface area contributed by atoms with Gasteiger partial charge >= 0.3 is 0 Å². The lowest BCUT2D eigenvalue weighted by Crippen LogP contribution is -2.31. The smallest absolute Gasteiger partial charge is 0.295 e. The highest BCUT2D eigenvalue weighted by Crippen LogP contribution is 2.42. The van der Waals surface area contributed by atoms with Gasteiger partial charge in [0.05, 0.1) is 25.8 Å². The molecule has 1 saturated heterocycles. The maximum atomic E-state index is 13.3. The molecule has 0 radical (unpaired) electrons. The number of Topliss-reactive ketones (excluding diaryl/α,β-unsaturated/α-hetero) is 1. The topological polar surface area (TPSA) is 94.5 Å². The first-order valence-electron chi connectivity index (χ1n) is 12.7. The normalized spacial score (nSPS) is 16.4. The Balaban J connectivity index is 1.67. The second-order valence-corrected chi connectivity index (χ2v) is 9.26. The van der Waals surface area contributed by atoms with E-state index in [9.17, 15) is 14.7 Å². The van der Waals surface area contributed by atoms with E-state index in [2.05, 4.69) is 6.07 Å². The SMILES string of the molecule is COCCCN1C(=O)C(=O)C(=C(O)c2ccc(OCc3cccc(C)c3)cc2)C1c1ccc(OC)c(OC)c1. The van der Waals surface area contributed by atoms with Crippen LogP contribution in [0.3, 0.4) is 0 Å². The predicted octanol–water partition coefficient (Wildman–Crippen LogP) is 5.05. The molecule has 0 bridgehead atoms. The molecule has 1 atom stereocenters. The van der Waals surface area contributed by atoms with Gasteiger partial charge in [0.2, 0.25) is 0 Å². The molecule has 204 valence electrons. The highest BCUT2D eigenvalue weighted by Gasteiger charge is 2.46. The number of aliphatic hydroxyl groups excluding tert-OH is 1. The third kappa shape index (κ3) is 6.07. The summed E-state index contributed by atoms with van der Waals surface area (Å²) < 4.78 is 21.8. The first-order chi connectivity index (χ1) is 18.9. The second kappa shape index (κ2) is 12.5. The van der Waals surface area contributed by atoms with Crippen molar-refractivity contribution in [2.75, 3.05) is 34.5 Å². The Bertz CT molecular complexity index is 1360. The molecule has 1 heterocycles. The van der Waals surface area contributed by atoms with Crippen LogP contribution in [0.25, 0.3) is 5.76 Å². The molecule has 1 aliphatic rings. The summed E-state index contributed by atoms with van der Waals surface area (Å²) >= 11 is 0. The maximum absolute atomic E-state index is 13.3. The van der Waals surface area contributed by atoms with Crippen LogP contribution in [0, 0.1) is 6.92 Å². The minimum atomic E-state index is -0.807.